The van der Waals surface area contributed by atoms with E-state index in [4.69, 9.17) is 4.74 Å². The zero-order valence-corrected chi connectivity index (χ0v) is 13.2. The highest BCUT2D eigenvalue weighted by Crippen LogP contribution is 2.20. The van der Waals surface area contributed by atoms with Crippen LogP contribution in [0.4, 0.5) is 4.79 Å². The fourth-order valence-corrected chi connectivity index (χ4v) is 2.31. The van der Waals surface area contributed by atoms with E-state index in [0.717, 1.165) is 32.5 Å². The molecule has 112 valence electrons. The van der Waals surface area contributed by atoms with Crippen LogP contribution in [0.3, 0.4) is 0 Å². The van der Waals surface area contributed by atoms with Gasteiger partial charge in [0.05, 0.1) is 0 Å². The number of hydrogen-bond acceptors (Lipinski definition) is 3. The summed E-state index contributed by atoms with van der Waals surface area (Å²) in [6.45, 7) is 12.8. The number of carbonyl (C=O) groups is 1. The predicted molar refractivity (Wildman–Crippen MR) is 78.3 cm³/mol. The maximum absolute atomic E-state index is 12.2. The van der Waals surface area contributed by atoms with E-state index in [2.05, 4.69) is 19.2 Å². The largest absolute Gasteiger partial charge is 0.444 e. The second-order valence-corrected chi connectivity index (χ2v) is 6.88. The molecule has 0 saturated carbocycles. The van der Waals surface area contributed by atoms with Crippen LogP contribution < -0.4 is 5.32 Å². The second-order valence-electron chi connectivity index (χ2n) is 6.88. The van der Waals surface area contributed by atoms with E-state index in [9.17, 15) is 4.79 Å². The van der Waals surface area contributed by atoms with Crippen LogP contribution in [0.1, 0.15) is 53.9 Å². The SMILES string of the molecule is CC(C)CNCC1CCCCN1C(=O)OC(C)(C)C. The molecule has 1 unspecified atom stereocenters. The van der Waals surface area contributed by atoms with Crippen molar-refractivity contribution in [3.05, 3.63) is 0 Å². The molecule has 1 rings (SSSR count). The van der Waals surface area contributed by atoms with Gasteiger partial charge in [-0.05, 0) is 52.5 Å². The van der Waals surface area contributed by atoms with Gasteiger partial charge >= 0.3 is 6.09 Å². The van der Waals surface area contributed by atoms with Crippen molar-refractivity contribution in [2.75, 3.05) is 19.6 Å². The molecule has 0 aromatic heterocycles. The molecule has 1 aliphatic heterocycles. The summed E-state index contributed by atoms with van der Waals surface area (Å²) in [7, 11) is 0. The molecule has 0 aromatic rings. The molecule has 1 amide bonds. The molecule has 19 heavy (non-hydrogen) atoms. The molecule has 1 heterocycles. The van der Waals surface area contributed by atoms with Crippen LogP contribution in [-0.2, 0) is 4.74 Å². The van der Waals surface area contributed by atoms with Crippen molar-refractivity contribution in [3.63, 3.8) is 0 Å². The average Bonchev–Trinajstić information content (AvgIpc) is 2.26. The summed E-state index contributed by atoms with van der Waals surface area (Å²) in [5.41, 5.74) is -0.412. The number of amides is 1. The Balaban J connectivity index is 2.49. The van der Waals surface area contributed by atoms with Gasteiger partial charge < -0.3 is 15.0 Å². The minimum absolute atomic E-state index is 0.163. The van der Waals surface area contributed by atoms with Crippen molar-refractivity contribution in [1.29, 1.82) is 0 Å². The van der Waals surface area contributed by atoms with Gasteiger partial charge in [-0.25, -0.2) is 4.79 Å². The highest BCUT2D eigenvalue weighted by molar-refractivity contribution is 5.68. The molecule has 1 atom stereocenters. The summed E-state index contributed by atoms with van der Waals surface area (Å²) in [4.78, 5) is 14.1. The Morgan fingerprint density at radius 2 is 2.05 bits per heavy atom. The Hall–Kier alpha value is -0.770. The first-order valence-electron chi connectivity index (χ1n) is 7.50. The minimum atomic E-state index is -0.412. The zero-order valence-electron chi connectivity index (χ0n) is 13.2. The van der Waals surface area contributed by atoms with Gasteiger partial charge in [-0.15, -0.1) is 0 Å². The number of piperidine rings is 1. The average molecular weight is 270 g/mol. The molecule has 0 aliphatic carbocycles. The van der Waals surface area contributed by atoms with Crippen LogP contribution in [0.5, 0.6) is 0 Å². The molecular formula is C15H30N2O2. The number of carbonyl (C=O) groups excluding carboxylic acids is 1. The van der Waals surface area contributed by atoms with E-state index in [-0.39, 0.29) is 12.1 Å². The number of nitrogens with one attached hydrogen (secondary N) is 1. The summed E-state index contributed by atoms with van der Waals surface area (Å²) < 4.78 is 5.49. The number of nitrogens with zero attached hydrogens (tertiary/aromatic N) is 1. The van der Waals surface area contributed by atoms with Crippen molar-refractivity contribution in [3.8, 4) is 0 Å². The Kier molecular flexibility index (Phi) is 6.11. The molecule has 0 bridgehead atoms. The molecule has 4 nitrogen and oxygen atoms in total. The Morgan fingerprint density at radius 3 is 2.63 bits per heavy atom. The topological polar surface area (TPSA) is 41.6 Å². The predicted octanol–water partition coefficient (Wildman–Crippen LogP) is 3.02. The Bertz CT molecular complexity index is 284. The molecular weight excluding hydrogens is 240 g/mol. The number of ether oxygens (including phenoxy) is 1. The van der Waals surface area contributed by atoms with Gasteiger partial charge in [0.1, 0.15) is 5.60 Å². The highest BCUT2D eigenvalue weighted by Gasteiger charge is 2.30. The van der Waals surface area contributed by atoms with Crippen LogP contribution in [0, 0.1) is 5.92 Å². The standard InChI is InChI=1S/C15H30N2O2/c1-12(2)10-16-11-13-8-6-7-9-17(13)14(18)19-15(3,4)5/h12-13,16H,6-11H2,1-5H3. The van der Waals surface area contributed by atoms with E-state index < -0.39 is 5.60 Å². The summed E-state index contributed by atoms with van der Waals surface area (Å²) in [6.07, 6.45) is 3.20. The van der Waals surface area contributed by atoms with Crippen molar-refractivity contribution in [2.24, 2.45) is 5.92 Å². The van der Waals surface area contributed by atoms with Gasteiger partial charge in [0.25, 0.3) is 0 Å². The van der Waals surface area contributed by atoms with E-state index >= 15 is 0 Å². The third-order valence-electron chi connectivity index (χ3n) is 3.19. The molecule has 0 spiro atoms. The monoisotopic (exact) mass is 270 g/mol. The van der Waals surface area contributed by atoms with Gasteiger partial charge in [-0.3, -0.25) is 0 Å². The third kappa shape index (κ3) is 6.28. The lowest BCUT2D eigenvalue weighted by Gasteiger charge is -2.37. The normalized spacial score (nSPS) is 20.7. The first-order valence-corrected chi connectivity index (χ1v) is 7.50. The third-order valence-corrected chi connectivity index (χ3v) is 3.19. The lowest BCUT2D eigenvalue weighted by Crippen LogP contribution is -2.50. The molecule has 0 aromatic carbocycles. The minimum Gasteiger partial charge on any atom is -0.444 e. The maximum atomic E-state index is 12.2. The summed E-state index contributed by atoms with van der Waals surface area (Å²) in [5.74, 6) is 0.638. The maximum Gasteiger partial charge on any atom is 0.410 e. The highest BCUT2D eigenvalue weighted by atomic mass is 16.6. The van der Waals surface area contributed by atoms with E-state index in [0.29, 0.717) is 5.92 Å². The van der Waals surface area contributed by atoms with Gasteiger partial charge in [0.15, 0.2) is 0 Å². The Morgan fingerprint density at radius 1 is 1.37 bits per heavy atom. The van der Waals surface area contributed by atoms with Crippen LogP contribution in [0.25, 0.3) is 0 Å². The summed E-state index contributed by atoms with van der Waals surface area (Å²) in [5, 5.41) is 3.45. The lowest BCUT2D eigenvalue weighted by atomic mass is 10.0. The van der Waals surface area contributed by atoms with Gasteiger partial charge in [0.2, 0.25) is 0 Å². The fraction of sp³-hybridized carbons (Fsp3) is 0.933. The smallest absolute Gasteiger partial charge is 0.410 e. The second kappa shape index (κ2) is 7.13. The van der Waals surface area contributed by atoms with E-state index in [1.807, 2.05) is 25.7 Å². The first-order chi connectivity index (χ1) is 8.79. The van der Waals surface area contributed by atoms with Crippen molar-refractivity contribution in [2.45, 2.75) is 65.5 Å². The van der Waals surface area contributed by atoms with Crippen LogP contribution in [0.2, 0.25) is 0 Å². The lowest BCUT2D eigenvalue weighted by molar-refractivity contribution is 0.00992. The van der Waals surface area contributed by atoms with Crippen molar-refractivity contribution < 1.29 is 9.53 Å². The zero-order chi connectivity index (χ0) is 14.5. The van der Waals surface area contributed by atoms with E-state index in [1.165, 1.54) is 6.42 Å². The Labute approximate surface area is 117 Å². The molecule has 1 fully saturated rings. The number of rotatable bonds is 4. The molecule has 1 N–H and O–H groups in total. The molecule has 1 saturated heterocycles. The summed E-state index contributed by atoms with van der Waals surface area (Å²) in [6, 6.07) is 0.280. The van der Waals surface area contributed by atoms with Gasteiger partial charge in [-0.1, -0.05) is 13.8 Å². The van der Waals surface area contributed by atoms with Crippen LogP contribution >= 0.6 is 0 Å². The van der Waals surface area contributed by atoms with Crippen molar-refractivity contribution in [1.82, 2.24) is 10.2 Å². The molecule has 4 heteroatoms. The summed E-state index contributed by atoms with van der Waals surface area (Å²) >= 11 is 0. The van der Waals surface area contributed by atoms with E-state index in [1.54, 1.807) is 0 Å². The van der Waals surface area contributed by atoms with Crippen LogP contribution in [-0.4, -0.2) is 42.3 Å². The quantitative estimate of drug-likeness (QED) is 0.854. The van der Waals surface area contributed by atoms with Gasteiger partial charge in [-0.2, -0.15) is 0 Å². The van der Waals surface area contributed by atoms with Crippen molar-refractivity contribution >= 4 is 6.09 Å². The fourth-order valence-electron chi connectivity index (χ4n) is 2.31. The first kappa shape index (κ1) is 16.3. The van der Waals surface area contributed by atoms with Crippen LogP contribution in [0.15, 0.2) is 0 Å². The number of hydrogen-bond donors (Lipinski definition) is 1. The number of likely N-dealkylation sites (tertiary alicyclic amines) is 1. The van der Waals surface area contributed by atoms with Gasteiger partial charge in [0, 0.05) is 19.1 Å². The molecule has 1 aliphatic rings. The molecule has 0 radical (unpaired) electrons.